The van der Waals surface area contributed by atoms with E-state index >= 15 is 0 Å². The summed E-state index contributed by atoms with van der Waals surface area (Å²) < 4.78 is 37.9. The molecule has 1 heterocycles. The average molecular weight is 328 g/mol. The molecule has 1 aromatic heterocycles. The molecule has 2 rings (SSSR count). The smallest absolute Gasteiger partial charge is 0.338 e. The van der Waals surface area contributed by atoms with Gasteiger partial charge in [-0.25, -0.2) is 9.89 Å². The van der Waals surface area contributed by atoms with E-state index in [9.17, 15) is 22.8 Å². The first-order valence-corrected chi connectivity index (χ1v) is 6.71. The maximum absolute atomic E-state index is 12.6. The van der Waals surface area contributed by atoms with Gasteiger partial charge >= 0.3 is 11.9 Å². The lowest BCUT2D eigenvalue weighted by molar-refractivity contribution is -0.137. The van der Waals surface area contributed by atoms with Crippen molar-refractivity contribution in [3.05, 3.63) is 51.2 Å². The Bertz CT molecular complexity index is 764. The minimum Gasteiger partial charge on any atom is -0.338 e. The molecule has 0 fully saturated rings. The Morgan fingerprint density at radius 2 is 2.04 bits per heavy atom. The van der Waals surface area contributed by atoms with Crippen molar-refractivity contribution < 1.29 is 18.0 Å². The number of carbonyl (C=O) groups is 1. The zero-order valence-electron chi connectivity index (χ0n) is 12.5. The third-order valence-corrected chi connectivity index (χ3v) is 3.37. The summed E-state index contributed by atoms with van der Waals surface area (Å²) in [6.07, 6.45) is -4.44. The van der Waals surface area contributed by atoms with E-state index in [1.54, 1.807) is 0 Å². The molecule has 2 N–H and O–H groups in total. The van der Waals surface area contributed by atoms with Crippen LogP contribution >= 0.6 is 0 Å². The lowest BCUT2D eigenvalue weighted by atomic mass is 10.0. The molecule has 0 aliphatic rings. The van der Waals surface area contributed by atoms with Crippen molar-refractivity contribution in [3.63, 3.8) is 0 Å². The number of likely N-dealkylation sites (N-methyl/N-ethyl adjacent to an activating group) is 1. The fourth-order valence-corrected chi connectivity index (χ4v) is 2.06. The number of aryl methyl sites for hydroxylation is 1. The zero-order valence-corrected chi connectivity index (χ0v) is 12.5. The predicted molar refractivity (Wildman–Crippen MR) is 75.6 cm³/mol. The number of hydrogen-bond acceptors (Lipinski definition) is 3. The number of amides is 1. The van der Waals surface area contributed by atoms with Crippen molar-refractivity contribution in [1.29, 1.82) is 0 Å². The van der Waals surface area contributed by atoms with Gasteiger partial charge in [0.15, 0.2) is 5.82 Å². The van der Waals surface area contributed by atoms with Crippen LogP contribution in [0.1, 0.15) is 22.5 Å². The quantitative estimate of drug-likeness (QED) is 0.895. The fourth-order valence-electron chi connectivity index (χ4n) is 2.06. The van der Waals surface area contributed by atoms with Crippen molar-refractivity contribution in [2.24, 2.45) is 0 Å². The van der Waals surface area contributed by atoms with Crippen molar-refractivity contribution >= 4 is 5.91 Å². The number of nitrogens with zero attached hydrogens (tertiary/aromatic N) is 2. The number of H-pyrrole nitrogens is 2. The molecule has 0 aliphatic heterocycles. The van der Waals surface area contributed by atoms with Gasteiger partial charge in [0.05, 0.1) is 18.5 Å². The van der Waals surface area contributed by atoms with Crippen LogP contribution in [0.3, 0.4) is 0 Å². The second-order valence-corrected chi connectivity index (χ2v) is 5.19. The van der Waals surface area contributed by atoms with Gasteiger partial charge in [-0.05, 0) is 30.2 Å². The molecule has 2 aromatic rings. The number of aromatic amines is 2. The number of nitrogens with one attached hydrogen (secondary N) is 2. The molecule has 0 aliphatic carbocycles. The standard InChI is InChI=1S/C14H15F3N4O2/c1-8-5-10(14(15,16)17)4-3-9(8)6-12(22)21(2)7-11-18-13(23)20-19-11/h3-5H,6-7H2,1-2H3,(H2,18,19,20,23). The van der Waals surface area contributed by atoms with Crippen LogP contribution in [0.25, 0.3) is 0 Å². The zero-order chi connectivity index (χ0) is 17.2. The van der Waals surface area contributed by atoms with Crippen molar-refractivity contribution in [1.82, 2.24) is 20.1 Å². The molecule has 124 valence electrons. The number of aromatic nitrogens is 3. The predicted octanol–water partition coefficient (Wildman–Crippen LogP) is 1.63. The van der Waals surface area contributed by atoms with Crippen molar-refractivity contribution in [2.45, 2.75) is 26.1 Å². The molecule has 0 atom stereocenters. The molecule has 0 bridgehead atoms. The van der Waals surface area contributed by atoms with Crippen LogP contribution in [0.2, 0.25) is 0 Å². The molecule has 0 spiro atoms. The topological polar surface area (TPSA) is 81.8 Å². The first-order chi connectivity index (χ1) is 10.7. The Labute approximate surface area is 129 Å². The number of hydrogen-bond donors (Lipinski definition) is 2. The van der Waals surface area contributed by atoms with Gasteiger partial charge in [-0.2, -0.15) is 18.3 Å². The first-order valence-electron chi connectivity index (χ1n) is 6.71. The Morgan fingerprint density at radius 3 is 2.57 bits per heavy atom. The van der Waals surface area contributed by atoms with Gasteiger partial charge in [0.25, 0.3) is 0 Å². The molecule has 23 heavy (non-hydrogen) atoms. The molecular weight excluding hydrogens is 313 g/mol. The van der Waals surface area contributed by atoms with Crippen molar-refractivity contribution in [2.75, 3.05) is 7.05 Å². The summed E-state index contributed by atoms with van der Waals surface area (Å²) in [6, 6.07) is 3.29. The van der Waals surface area contributed by atoms with Gasteiger partial charge < -0.3 is 4.90 Å². The third-order valence-electron chi connectivity index (χ3n) is 3.37. The maximum Gasteiger partial charge on any atom is 0.416 e. The Balaban J connectivity index is 2.06. The van der Waals surface area contributed by atoms with Crippen LogP contribution in [0.5, 0.6) is 0 Å². The summed E-state index contributed by atoms with van der Waals surface area (Å²) in [4.78, 5) is 26.8. The normalized spacial score (nSPS) is 11.5. The van der Waals surface area contributed by atoms with E-state index in [1.807, 2.05) is 0 Å². The molecule has 0 saturated carbocycles. The summed E-state index contributed by atoms with van der Waals surface area (Å²) in [5, 5.41) is 5.88. The van der Waals surface area contributed by atoms with E-state index < -0.39 is 17.4 Å². The number of alkyl halides is 3. The Morgan fingerprint density at radius 1 is 1.35 bits per heavy atom. The SMILES string of the molecule is Cc1cc(C(F)(F)F)ccc1CC(=O)N(C)Cc1n[nH]c(=O)[nH]1. The van der Waals surface area contributed by atoms with Crippen LogP contribution in [0.15, 0.2) is 23.0 Å². The summed E-state index contributed by atoms with van der Waals surface area (Å²) in [6.45, 7) is 1.63. The largest absolute Gasteiger partial charge is 0.416 e. The highest BCUT2D eigenvalue weighted by molar-refractivity contribution is 5.78. The highest BCUT2D eigenvalue weighted by Crippen LogP contribution is 2.30. The van der Waals surface area contributed by atoms with E-state index in [2.05, 4.69) is 15.2 Å². The van der Waals surface area contributed by atoms with E-state index in [0.29, 0.717) is 17.0 Å². The van der Waals surface area contributed by atoms with E-state index in [0.717, 1.165) is 12.1 Å². The molecular formula is C14H15F3N4O2. The van der Waals surface area contributed by atoms with Gasteiger partial charge in [-0.15, -0.1) is 0 Å². The van der Waals surface area contributed by atoms with Crippen LogP contribution in [-0.4, -0.2) is 33.0 Å². The molecule has 0 saturated heterocycles. The molecule has 1 amide bonds. The molecule has 9 heteroatoms. The molecule has 1 aromatic carbocycles. The highest BCUT2D eigenvalue weighted by Gasteiger charge is 2.30. The lowest BCUT2D eigenvalue weighted by Gasteiger charge is -2.17. The van der Waals surface area contributed by atoms with Gasteiger partial charge in [0.1, 0.15) is 0 Å². The van der Waals surface area contributed by atoms with Gasteiger partial charge in [-0.1, -0.05) is 6.07 Å². The Kier molecular flexibility index (Phi) is 4.57. The highest BCUT2D eigenvalue weighted by atomic mass is 19.4. The van der Waals surface area contributed by atoms with E-state index in [-0.39, 0.29) is 18.9 Å². The minimum atomic E-state index is -4.41. The van der Waals surface area contributed by atoms with Gasteiger partial charge in [0, 0.05) is 7.05 Å². The van der Waals surface area contributed by atoms with Crippen LogP contribution in [0.4, 0.5) is 13.2 Å². The summed E-state index contributed by atoms with van der Waals surface area (Å²) in [5.41, 5.74) is -0.298. The number of benzene rings is 1. The summed E-state index contributed by atoms with van der Waals surface area (Å²) in [7, 11) is 1.52. The number of rotatable bonds is 4. The summed E-state index contributed by atoms with van der Waals surface area (Å²) >= 11 is 0. The van der Waals surface area contributed by atoms with Gasteiger partial charge in [-0.3, -0.25) is 9.78 Å². The van der Waals surface area contributed by atoms with E-state index in [4.69, 9.17) is 0 Å². The average Bonchev–Trinajstić information content (AvgIpc) is 2.85. The second-order valence-electron chi connectivity index (χ2n) is 5.19. The monoisotopic (exact) mass is 328 g/mol. The molecule has 6 nitrogen and oxygen atoms in total. The lowest BCUT2D eigenvalue weighted by Crippen LogP contribution is -2.28. The number of carbonyl (C=O) groups excluding carboxylic acids is 1. The van der Waals surface area contributed by atoms with Crippen LogP contribution < -0.4 is 5.69 Å². The Hall–Kier alpha value is -2.58. The third kappa shape index (κ3) is 4.21. The second kappa shape index (κ2) is 6.27. The van der Waals surface area contributed by atoms with Crippen molar-refractivity contribution in [3.8, 4) is 0 Å². The summed E-state index contributed by atoms with van der Waals surface area (Å²) in [5.74, 6) is 0.00620. The molecule has 0 radical (unpaired) electrons. The van der Waals surface area contributed by atoms with Crippen LogP contribution in [0, 0.1) is 6.92 Å². The molecule has 0 unspecified atom stereocenters. The van der Waals surface area contributed by atoms with E-state index in [1.165, 1.54) is 24.9 Å². The number of halogens is 3. The van der Waals surface area contributed by atoms with Crippen LogP contribution in [-0.2, 0) is 23.9 Å². The fraction of sp³-hybridized carbons (Fsp3) is 0.357. The maximum atomic E-state index is 12.6. The minimum absolute atomic E-state index is 0.0326. The first kappa shape index (κ1) is 16.8. The van der Waals surface area contributed by atoms with Gasteiger partial charge in [0.2, 0.25) is 5.91 Å².